The number of H-pyrrole nitrogens is 1. The van der Waals surface area contributed by atoms with Crippen LogP contribution in [0.5, 0.6) is 5.88 Å². The van der Waals surface area contributed by atoms with E-state index >= 15 is 0 Å². The highest BCUT2D eigenvalue weighted by molar-refractivity contribution is 5.97. The van der Waals surface area contributed by atoms with E-state index in [1.165, 1.54) is 7.11 Å². The second kappa shape index (κ2) is 6.69. The van der Waals surface area contributed by atoms with Gasteiger partial charge in [-0.2, -0.15) is 0 Å². The first-order valence-electron chi connectivity index (χ1n) is 5.67. The van der Waals surface area contributed by atoms with Crippen LogP contribution >= 0.6 is 0 Å². The third-order valence-corrected chi connectivity index (χ3v) is 2.38. The van der Waals surface area contributed by atoms with Crippen LogP contribution in [0.2, 0.25) is 0 Å². The van der Waals surface area contributed by atoms with Gasteiger partial charge in [-0.25, -0.2) is 0 Å². The van der Waals surface area contributed by atoms with Crippen molar-refractivity contribution in [3.8, 4) is 5.88 Å². The first-order valence-corrected chi connectivity index (χ1v) is 5.67. The molecule has 0 fully saturated rings. The molecule has 1 amide bonds. The lowest BCUT2D eigenvalue weighted by molar-refractivity contribution is -0.386. The summed E-state index contributed by atoms with van der Waals surface area (Å²) >= 11 is 0. The summed E-state index contributed by atoms with van der Waals surface area (Å²) < 4.78 is 4.72. The first kappa shape index (κ1) is 14.9. The number of carbonyl (C=O) groups is 1. The van der Waals surface area contributed by atoms with Gasteiger partial charge in [0.2, 0.25) is 5.69 Å². The summed E-state index contributed by atoms with van der Waals surface area (Å²) in [6.07, 6.45) is 0.748. The van der Waals surface area contributed by atoms with Crippen LogP contribution in [0, 0.1) is 10.1 Å². The average Bonchev–Trinajstić information content (AvgIpc) is 2.77. The molecule has 0 aliphatic heterocycles. The Labute approximate surface area is 110 Å². The summed E-state index contributed by atoms with van der Waals surface area (Å²) in [4.78, 5) is 23.9. The molecule has 9 nitrogen and oxygen atoms in total. The molecule has 0 aromatic carbocycles. The Hall–Kier alpha value is -2.16. The van der Waals surface area contributed by atoms with Crippen LogP contribution in [0.1, 0.15) is 16.9 Å². The Morgan fingerprint density at radius 3 is 2.79 bits per heavy atom. The molecule has 0 radical (unpaired) electrons. The van der Waals surface area contributed by atoms with Crippen LogP contribution in [0.25, 0.3) is 0 Å². The predicted molar refractivity (Wildman–Crippen MR) is 67.3 cm³/mol. The van der Waals surface area contributed by atoms with Crippen molar-refractivity contribution in [3.05, 3.63) is 15.8 Å². The molecule has 0 aliphatic carbocycles. The molecule has 1 aromatic heterocycles. The summed E-state index contributed by atoms with van der Waals surface area (Å²) in [6, 6.07) is 0. The number of hydrogen-bond donors (Lipinski definition) is 2. The minimum atomic E-state index is -0.697. The Kier molecular flexibility index (Phi) is 5.24. The van der Waals surface area contributed by atoms with E-state index in [1.807, 2.05) is 19.0 Å². The molecule has 1 heterocycles. The molecular formula is C10H17N5O4. The fourth-order valence-corrected chi connectivity index (χ4v) is 1.48. The number of aromatic nitrogens is 2. The van der Waals surface area contributed by atoms with Crippen LogP contribution in [0.3, 0.4) is 0 Å². The number of aromatic amines is 1. The van der Waals surface area contributed by atoms with Gasteiger partial charge in [0.1, 0.15) is 0 Å². The first-order chi connectivity index (χ1) is 8.97. The monoisotopic (exact) mass is 271 g/mol. The number of nitrogens with zero attached hydrogens (tertiary/aromatic N) is 3. The number of amides is 1. The normalized spacial score (nSPS) is 10.5. The Morgan fingerprint density at radius 2 is 2.26 bits per heavy atom. The zero-order valence-corrected chi connectivity index (χ0v) is 11.1. The largest absolute Gasteiger partial charge is 0.475 e. The van der Waals surface area contributed by atoms with Crippen molar-refractivity contribution < 1.29 is 14.5 Å². The highest BCUT2D eigenvalue weighted by Gasteiger charge is 2.29. The third-order valence-electron chi connectivity index (χ3n) is 2.38. The molecule has 0 bridgehead atoms. The molecule has 0 spiro atoms. The molecule has 9 heteroatoms. The lowest BCUT2D eigenvalue weighted by atomic mass is 10.3. The fraction of sp³-hybridized carbons (Fsp3) is 0.600. The second-order valence-corrected chi connectivity index (χ2v) is 4.13. The Bertz CT molecular complexity index is 457. The van der Waals surface area contributed by atoms with Crippen LogP contribution in [-0.2, 0) is 0 Å². The maximum atomic E-state index is 11.8. The van der Waals surface area contributed by atoms with E-state index in [4.69, 9.17) is 4.74 Å². The Balaban J connectivity index is 2.67. The zero-order valence-electron chi connectivity index (χ0n) is 11.1. The fourth-order valence-electron chi connectivity index (χ4n) is 1.48. The van der Waals surface area contributed by atoms with E-state index in [0.29, 0.717) is 6.54 Å². The lowest BCUT2D eigenvalue weighted by Gasteiger charge is -2.09. The maximum absolute atomic E-state index is 11.8. The predicted octanol–water partition coefficient (Wildman–Crippen LogP) is 0.00800. The standard InChI is InChI=1S/C10H17N5O4/c1-14(2)6-4-5-11-9(16)7-8(15(17)18)10(19-3)13-12-7/h4-6H2,1-3H3,(H,11,16)(H,12,13). The summed E-state index contributed by atoms with van der Waals surface area (Å²) in [6.45, 7) is 1.24. The summed E-state index contributed by atoms with van der Waals surface area (Å²) in [5.74, 6) is -0.773. The summed E-state index contributed by atoms with van der Waals surface area (Å²) in [5.41, 5.74) is -0.653. The van der Waals surface area contributed by atoms with Gasteiger partial charge in [0.25, 0.3) is 5.91 Å². The van der Waals surface area contributed by atoms with Crippen molar-refractivity contribution in [2.75, 3.05) is 34.3 Å². The quantitative estimate of drug-likeness (QED) is 0.410. The summed E-state index contributed by atoms with van der Waals surface area (Å²) in [5, 5.41) is 19.3. The molecular weight excluding hydrogens is 254 g/mol. The van der Waals surface area contributed by atoms with Crippen molar-refractivity contribution in [2.45, 2.75) is 6.42 Å². The highest BCUT2D eigenvalue weighted by atomic mass is 16.6. The van der Waals surface area contributed by atoms with Crippen LogP contribution in [-0.4, -0.2) is 60.2 Å². The van der Waals surface area contributed by atoms with Crippen molar-refractivity contribution in [1.29, 1.82) is 0 Å². The minimum absolute atomic E-state index is 0.202. The van der Waals surface area contributed by atoms with Gasteiger partial charge in [0, 0.05) is 6.54 Å². The maximum Gasteiger partial charge on any atom is 0.362 e. The smallest absolute Gasteiger partial charge is 0.362 e. The van der Waals surface area contributed by atoms with Crippen molar-refractivity contribution in [2.24, 2.45) is 0 Å². The number of nitro groups is 1. The van der Waals surface area contributed by atoms with Gasteiger partial charge in [0.15, 0.2) is 0 Å². The zero-order chi connectivity index (χ0) is 14.4. The molecule has 0 saturated heterocycles. The number of hydrogen-bond acceptors (Lipinski definition) is 6. The van der Waals surface area contributed by atoms with Crippen molar-refractivity contribution >= 4 is 11.6 Å². The highest BCUT2D eigenvalue weighted by Crippen LogP contribution is 2.27. The molecule has 0 unspecified atom stereocenters. The molecule has 0 saturated carbocycles. The van der Waals surface area contributed by atoms with Gasteiger partial charge in [-0.1, -0.05) is 0 Å². The molecule has 1 aromatic rings. The van der Waals surface area contributed by atoms with E-state index in [2.05, 4.69) is 15.5 Å². The van der Waals surface area contributed by atoms with Gasteiger partial charge >= 0.3 is 11.6 Å². The number of ether oxygens (including phenoxy) is 1. The van der Waals surface area contributed by atoms with Gasteiger partial charge in [0.05, 0.1) is 12.0 Å². The van der Waals surface area contributed by atoms with Gasteiger partial charge in [-0.3, -0.25) is 20.0 Å². The molecule has 106 valence electrons. The number of nitrogens with one attached hydrogen (secondary N) is 2. The third kappa shape index (κ3) is 3.91. The molecule has 1 rings (SSSR count). The SMILES string of the molecule is COc1n[nH]c(C(=O)NCCCN(C)C)c1[N+](=O)[O-]. The van der Waals surface area contributed by atoms with Crippen molar-refractivity contribution in [1.82, 2.24) is 20.4 Å². The van der Waals surface area contributed by atoms with Crippen LogP contribution in [0.4, 0.5) is 5.69 Å². The van der Waals surface area contributed by atoms with Crippen LogP contribution in [0.15, 0.2) is 0 Å². The van der Waals surface area contributed by atoms with Crippen LogP contribution < -0.4 is 10.1 Å². The van der Waals surface area contributed by atoms with E-state index in [9.17, 15) is 14.9 Å². The van der Waals surface area contributed by atoms with Crippen molar-refractivity contribution in [3.63, 3.8) is 0 Å². The second-order valence-electron chi connectivity index (χ2n) is 4.13. The van der Waals surface area contributed by atoms with E-state index < -0.39 is 16.5 Å². The molecule has 2 N–H and O–H groups in total. The van der Waals surface area contributed by atoms with Gasteiger partial charge in [-0.05, 0) is 27.1 Å². The number of carbonyl (C=O) groups excluding carboxylic acids is 1. The summed E-state index contributed by atoms with van der Waals surface area (Å²) in [7, 11) is 5.10. The molecule has 0 atom stereocenters. The average molecular weight is 271 g/mol. The molecule has 19 heavy (non-hydrogen) atoms. The van der Waals surface area contributed by atoms with Gasteiger partial charge in [-0.15, -0.1) is 5.10 Å². The minimum Gasteiger partial charge on any atom is -0.475 e. The van der Waals surface area contributed by atoms with E-state index in [-0.39, 0.29) is 11.6 Å². The lowest BCUT2D eigenvalue weighted by Crippen LogP contribution is -2.27. The topological polar surface area (TPSA) is 113 Å². The van der Waals surface area contributed by atoms with E-state index in [0.717, 1.165) is 13.0 Å². The number of methoxy groups -OCH3 is 1. The molecule has 0 aliphatic rings. The Morgan fingerprint density at radius 1 is 1.58 bits per heavy atom. The van der Waals surface area contributed by atoms with E-state index in [1.54, 1.807) is 0 Å². The van der Waals surface area contributed by atoms with Gasteiger partial charge < -0.3 is 15.0 Å². The number of rotatable bonds is 7.